The molecule has 1 aromatic carbocycles. The van der Waals surface area contributed by atoms with Gasteiger partial charge in [-0.1, -0.05) is 18.2 Å². The zero-order valence-corrected chi connectivity index (χ0v) is 20.7. The number of benzene rings is 1. The molecule has 5 N–H and O–H groups in total. The third kappa shape index (κ3) is 6.53. The van der Waals surface area contributed by atoms with Crippen LogP contribution in [0.3, 0.4) is 0 Å². The summed E-state index contributed by atoms with van der Waals surface area (Å²) in [5.74, 6) is 0.273. The predicted octanol–water partition coefficient (Wildman–Crippen LogP) is 1.49. The van der Waals surface area contributed by atoms with Crippen molar-refractivity contribution in [3.63, 3.8) is 0 Å². The van der Waals surface area contributed by atoms with Gasteiger partial charge in [-0.05, 0) is 30.8 Å². The lowest BCUT2D eigenvalue weighted by atomic mass is 10.1. The lowest BCUT2D eigenvalue weighted by Gasteiger charge is -2.25. The Bertz CT molecular complexity index is 1280. The van der Waals surface area contributed by atoms with E-state index < -0.39 is 5.91 Å². The molecule has 2 amide bonds. The maximum absolute atomic E-state index is 12.7. The molecule has 0 saturated carbocycles. The van der Waals surface area contributed by atoms with Crippen LogP contribution in [0.5, 0.6) is 0 Å². The van der Waals surface area contributed by atoms with Gasteiger partial charge < -0.3 is 31.6 Å². The quantitative estimate of drug-likeness (QED) is 0.296. The summed E-state index contributed by atoms with van der Waals surface area (Å²) in [5, 5.41) is 13.6. The van der Waals surface area contributed by atoms with Crippen molar-refractivity contribution in [2.24, 2.45) is 0 Å². The van der Waals surface area contributed by atoms with Crippen molar-refractivity contribution in [3.8, 4) is 0 Å². The van der Waals surface area contributed by atoms with Crippen LogP contribution >= 0.6 is 0 Å². The van der Waals surface area contributed by atoms with Gasteiger partial charge >= 0.3 is 0 Å². The number of fused-ring (bicyclic) bond motifs is 1. The molecule has 188 valence electrons. The number of nitrogen functional groups attached to an aromatic ring is 1. The fraction of sp³-hybridized carbons (Fsp3) is 0.280. The summed E-state index contributed by atoms with van der Waals surface area (Å²) >= 11 is 0. The van der Waals surface area contributed by atoms with E-state index in [2.05, 4.69) is 20.6 Å². The first-order valence-corrected chi connectivity index (χ1v) is 11.4. The summed E-state index contributed by atoms with van der Waals surface area (Å²) in [5.41, 5.74) is 8.60. The average molecular weight is 490 g/mol. The van der Waals surface area contributed by atoms with E-state index in [-0.39, 0.29) is 30.5 Å². The van der Waals surface area contributed by atoms with Crippen molar-refractivity contribution in [1.82, 2.24) is 30.5 Å². The molecule has 0 atom stereocenters. The zero-order chi connectivity index (χ0) is 26.1. The Morgan fingerprint density at radius 3 is 2.69 bits per heavy atom. The summed E-state index contributed by atoms with van der Waals surface area (Å²) < 4.78 is 0. The smallest absolute Gasteiger partial charge is 0.273 e. The highest BCUT2D eigenvalue weighted by atomic mass is 16.2. The van der Waals surface area contributed by atoms with Gasteiger partial charge in [0.05, 0.1) is 12.1 Å². The van der Waals surface area contributed by atoms with Crippen LogP contribution in [0.1, 0.15) is 21.6 Å². The topological polar surface area (TPSA) is 153 Å². The number of hydrogen-bond acceptors (Lipinski definition) is 9. The van der Waals surface area contributed by atoms with E-state index in [1.165, 1.54) is 18.5 Å². The molecule has 2 aromatic heterocycles. The number of allylic oxidation sites excluding steroid dienone is 1. The van der Waals surface area contributed by atoms with Gasteiger partial charge in [-0.2, -0.15) is 0 Å². The Balaban J connectivity index is 1.77. The summed E-state index contributed by atoms with van der Waals surface area (Å²) in [4.78, 5) is 41.5. The zero-order valence-electron chi connectivity index (χ0n) is 20.7. The van der Waals surface area contributed by atoms with Gasteiger partial charge in [-0.15, -0.1) is 0 Å². The van der Waals surface area contributed by atoms with Crippen LogP contribution in [0.4, 0.5) is 11.6 Å². The highest BCUT2D eigenvalue weighted by molar-refractivity contribution is 5.96. The second-order valence-corrected chi connectivity index (χ2v) is 8.23. The number of anilines is 2. The van der Waals surface area contributed by atoms with Gasteiger partial charge in [-0.3, -0.25) is 9.59 Å². The second-order valence-electron chi connectivity index (χ2n) is 8.23. The molecule has 0 fully saturated rings. The van der Waals surface area contributed by atoms with Crippen molar-refractivity contribution in [3.05, 3.63) is 65.8 Å². The van der Waals surface area contributed by atoms with E-state index in [1.54, 1.807) is 18.1 Å². The summed E-state index contributed by atoms with van der Waals surface area (Å²) in [6, 6.07) is 7.97. The number of aromatic nitrogens is 3. The van der Waals surface area contributed by atoms with Crippen LogP contribution in [-0.2, 0) is 11.3 Å². The molecule has 11 heteroatoms. The number of amides is 2. The fourth-order valence-corrected chi connectivity index (χ4v) is 3.55. The highest BCUT2D eigenvalue weighted by Gasteiger charge is 2.17. The normalized spacial score (nSPS) is 10.9. The van der Waals surface area contributed by atoms with E-state index in [0.717, 1.165) is 28.2 Å². The number of carbonyl (C=O) groups excluding carboxylic acids is 2. The van der Waals surface area contributed by atoms with E-state index in [9.17, 15) is 9.59 Å². The number of nitrogens with zero attached hydrogens (tertiary/aromatic N) is 5. The molecule has 0 bridgehead atoms. The Hall–Kier alpha value is -4.54. The minimum Gasteiger partial charge on any atom is -0.382 e. The van der Waals surface area contributed by atoms with Crippen LogP contribution in [0.25, 0.3) is 10.9 Å². The second kappa shape index (κ2) is 12.2. The molecule has 0 radical (unpaired) electrons. The van der Waals surface area contributed by atoms with Crippen molar-refractivity contribution < 1.29 is 9.59 Å². The minimum atomic E-state index is -0.423. The van der Waals surface area contributed by atoms with Crippen LogP contribution < -0.4 is 21.3 Å². The number of pyridine rings is 1. The number of likely N-dealkylation sites (N-methyl/N-ethyl adjacent to an activating group) is 2. The maximum Gasteiger partial charge on any atom is 0.273 e. The molecular formula is C25H31N9O2. The third-order valence-electron chi connectivity index (χ3n) is 5.61. The first-order chi connectivity index (χ1) is 17.3. The Labute approximate surface area is 209 Å². The van der Waals surface area contributed by atoms with E-state index >= 15 is 0 Å². The van der Waals surface area contributed by atoms with E-state index in [1.807, 2.05) is 43.1 Å². The molecule has 0 spiro atoms. The molecule has 0 unspecified atom stereocenters. The highest BCUT2D eigenvalue weighted by Crippen LogP contribution is 2.25. The molecule has 2 heterocycles. The molecule has 0 saturated heterocycles. The number of nitrogens with one attached hydrogen (secondary N) is 3. The van der Waals surface area contributed by atoms with Crippen molar-refractivity contribution in [1.29, 1.82) is 5.41 Å². The standard InChI is InChI=1S/C25H31N9O2/c1-17-6-4-7-18-14-19(15-31-25(36)22-23(27)30-11-10-29-22)24(32-21(17)18)34(3)13-12-33(2)20(35)16-28-9-5-8-26/h4-11,14,26,28H,12-13,15-16H2,1-3H3,(H2,27,30)(H,31,36)/b9-5-,26-8?. The SMILES string of the molecule is Cc1cccc2cc(CNC(=O)c3nccnc3N)c(N(C)CCN(C)C(=O)CN/C=C\C=N)nc12. The van der Waals surface area contributed by atoms with Gasteiger partial charge in [0.25, 0.3) is 5.91 Å². The van der Waals surface area contributed by atoms with Crippen LogP contribution in [0, 0.1) is 12.3 Å². The first-order valence-electron chi connectivity index (χ1n) is 11.4. The first kappa shape index (κ1) is 26.1. The maximum atomic E-state index is 12.7. The number of hydrogen-bond donors (Lipinski definition) is 4. The number of carbonyl (C=O) groups is 2. The number of nitrogens with two attached hydrogens (primary N) is 1. The lowest BCUT2D eigenvalue weighted by molar-refractivity contribution is -0.128. The van der Waals surface area contributed by atoms with Gasteiger partial charge in [0, 0.05) is 63.3 Å². The largest absolute Gasteiger partial charge is 0.382 e. The third-order valence-corrected chi connectivity index (χ3v) is 5.61. The lowest BCUT2D eigenvalue weighted by Crippen LogP contribution is -2.39. The fourth-order valence-electron chi connectivity index (χ4n) is 3.55. The Kier molecular flexibility index (Phi) is 8.87. The average Bonchev–Trinajstić information content (AvgIpc) is 2.88. The number of rotatable bonds is 11. The van der Waals surface area contributed by atoms with E-state index in [0.29, 0.717) is 18.9 Å². The van der Waals surface area contributed by atoms with Crippen molar-refractivity contribution >= 4 is 40.6 Å². The molecule has 36 heavy (non-hydrogen) atoms. The van der Waals surface area contributed by atoms with Crippen LogP contribution in [0.15, 0.2) is 48.9 Å². The monoisotopic (exact) mass is 489 g/mol. The summed E-state index contributed by atoms with van der Waals surface area (Å²) in [6.07, 6.45) is 7.05. The molecule has 3 aromatic rings. The molecule has 3 rings (SSSR count). The van der Waals surface area contributed by atoms with Gasteiger partial charge in [0.2, 0.25) is 5.91 Å². The number of para-hydroxylation sites is 1. The molecule has 0 aliphatic heterocycles. The molecule has 0 aliphatic rings. The Morgan fingerprint density at radius 1 is 1.17 bits per heavy atom. The number of aryl methyl sites for hydroxylation is 1. The molecular weight excluding hydrogens is 458 g/mol. The Morgan fingerprint density at radius 2 is 1.94 bits per heavy atom. The molecule has 11 nitrogen and oxygen atoms in total. The van der Waals surface area contributed by atoms with Crippen LogP contribution in [-0.4, -0.2) is 71.6 Å². The van der Waals surface area contributed by atoms with Gasteiger partial charge in [-0.25, -0.2) is 15.0 Å². The van der Waals surface area contributed by atoms with Crippen molar-refractivity contribution in [2.75, 3.05) is 44.4 Å². The van der Waals surface area contributed by atoms with Gasteiger partial charge in [0.1, 0.15) is 5.82 Å². The van der Waals surface area contributed by atoms with Crippen molar-refractivity contribution in [2.45, 2.75) is 13.5 Å². The summed E-state index contributed by atoms with van der Waals surface area (Å²) in [7, 11) is 3.64. The predicted molar refractivity (Wildman–Crippen MR) is 141 cm³/mol. The summed E-state index contributed by atoms with van der Waals surface area (Å²) in [6.45, 7) is 3.36. The molecule has 0 aliphatic carbocycles. The van der Waals surface area contributed by atoms with E-state index in [4.69, 9.17) is 16.1 Å². The van der Waals surface area contributed by atoms with Gasteiger partial charge in [0.15, 0.2) is 11.5 Å². The minimum absolute atomic E-state index is 0.0649. The van der Waals surface area contributed by atoms with Crippen LogP contribution in [0.2, 0.25) is 0 Å².